The van der Waals surface area contributed by atoms with Crippen LogP contribution in [0.2, 0.25) is 0 Å². The van der Waals surface area contributed by atoms with Crippen LogP contribution in [0.5, 0.6) is 0 Å². The van der Waals surface area contributed by atoms with Gasteiger partial charge in [0.15, 0.2) is 0 Å². The van der Waals surface area contributed by atoms with Gasteiger partial charge < -0.3 is 4.74 Å². The summed E-state index contributed by atoms with van der Waals surface area (Å²) in [5.41, 5.74) is 1.03. The van der Waals surface area contributed by atoms with Crippen LogP contribution in [-0.2, 0) is 16.1 Å². The number of esters is 1. The molecule has 2 nitrogen and oxygen atoms in total. The standard InChI is InChI=1S/C23H37BrO2/c1-2-3-4-5-6-7-8-9-10-11-12-13-14-15-23(25)26-20-21-16-18-22(24)19-17-21/h16-19H,2-15,20H2,1H3. The molecule has 0 heterocycles. The van der Waals surface area contributed by atoms with E-state index < -0.39 is 0 Å². The molecule has 0 fully saturated rings. The zero-order valence-corrected chi connectivity index (χ0v) is 18.2. The molecule has 0 bridgehead atoms. The third-order valence-corrected chi connectivity index (χ3v) is 5.33. The Morgan fingerprint density at radius 2 is 1.23 bits per heavy atom. The predicted molar refractivity (Wildman–Crippen MR) is 114 cm³/mol. The van der Waals surface area contributed by atoms with Gasteiger partial charge in [0.1, 0.15) is 6.61 Å². The normalized spacial score (nSPS) is 10.8. The van der Waals surface area contributed by atoms with Gasteiger partial charge in [-0.25, -0.2) is 0 Å². The fourth-order valence-electron chi connectivity index (χ4n) is 3.10. The quantitative estimate of drug-likeness (QED) is 0.198. The van der Waals surface area contributed by atoms with Gasteiger partial charge in [0.25, 0.3) is 0 Å². The van der Waals surface area contributed by atoms with E-state index >= 15 is 0 Å². The first-order chi connectivity index (χ1) is 12.7. The van der Waals surface area contributed by atoms with E-state index in [1.165, 1.54) is 70.6 Å². The van der Waals surface area contributed by atoms with Crippen molar-refractivity contribution in [2.75, 3.05) is 0 Å². The van der Waals surface area contributed by atoms with Crippen molar-refractivity contribution in [1.82, 2.24) is 0 Å². The van der Waals surface area contributed by atoms with E-state index in [-0.39, 0.29) is 5.97 Å². The summed E-state index contributed by atoms with van der Waals surface area (Å²) in [4.78, 5) is 11.8. The molecular weight excluding hydrogens is 388 g/mol. The number of carbonyl (C=O) groups is 1. The molecule has 0 unspecified atom stereocenters. The minimum atomic E-state index is -0.0732. The van der Waals surface area contributed by atoms with Gasteiger partial charge in [0.05, 0.1) is 0 Å². The highest BCUT2D eigenvalue weighted by molar-refractivity contribution is 9.10. The van der Waals surface area contributed by atoms with Crippen molar-refractivity contribution in [2.24, 2.45) is 0 Å². The van der Waals surface area contributed by atoms with E-state index in [2.05, 4.69) is 22.9 Å². The first kappa shape index (κ1) is 23.2. The molecule has 0 spiro atoms. The Morgan fingerprint density at radius 1 is 0.769 bits per heavy atom. The summed E-state index contributed by atoms with van der Waals surface area (Å²) in [5, 5.41) is 0. The van der Waals surface area contributed by atoms with Crippen LogP contribution in [0.4, 0.5) is 0 Å². The van der Waals surface area contributed by atoms with Crippen LogP contribution in [0, 0.1) is 0 Å². The SMILES string of the molecule is CCCCCCCCCCCCCCCC(=O)OCc1ccc(Br)cc1. The molecule has 0 N–H and O–H groups in total. The molecule has 0 aromatic heterocycles. The van der Waals surface area contributed by atoms with Gasteiger partial charge in [0, 0.05) is 10.9 Å². The Bertz CT molecular complexity index is 456. The van der Waals surface area contributed by atoms with Crippen molar-refractivity contribution in [3.05, 3.63) is 34.3 Å². The average molecular weight is 425 g/mol. The third kappa shape index (κ3) is 13.4. The Balaban J connectivity index is 1.83. The molecule has 0 aliphatic rings. The van der Waals surface area contributed by atoms with Crippen LogP contribution >= 0.6 is 15.9 Å². The maximum absolute atomic E-state index is 11.8. The Kier molecular flexibility index (Phi) is 14.6. The molecule has 0 amide bonds. The monoisotopic (exact) mass is 424 g/mol. The number of unbranched alkanes of at least 4 members (excludes halogenated alkanes) is 12. The van der Waals surface area contributed by atoms with Crippen LogP contribution < -0.4 is 0 Å². The Labute approximate surface area is 169 Å². The fourth-order valence-corrected chi connectivity index (χ4v) is 3.37. The highest BCUT2D eigenvalue weighted by Gasteiger charge is 2.03. The molecule has 0 radical (unpaired) electrons. The lowest BCUT2D eigenvalue weighted by Gasteiger charge is -2.05. The first-order valence-electron chi connectivity index (χ1n) is 10.6. The number of halogens is 1. The van der Waals surface area contributed by atoms with E-state index in [4.69, 9.17) is 4.74 Å². The van der Waals surface area contributed by atoms with Gasteiger partial charge in [-0.15, -0.1) is 0 Å². The minimum absolute atomic E-state index is 0.0732. The summed E-state index contributed by atoms with van der Waals surface area (Å²) in [5.74, 6) is -0.0732. The summed E-state index contributed by atoms with van der Waals surface area (Å²) < 4.78 is 6.36. The lowest BCUT2D eigenvalue weighted by atomic mass is 10.0. The van der Waals surface area contributed by atoms with Crippen molar-refractivity contribution in [3.8, 4) is 0 Å². The molecule has 0 saturated carbocycles. The second-order valence-electron chi connectivity index (χ2n) is 7.28. The van der Waals surface area contributed by atoms with Gasteiger partial charge in [-0.3, -0.25) is 4.79 Å². The van der Waals surface area contributed by atoms with Crippen LogP contribution in [0.15, 0.2) is 28.7 Å². The molecular formula is C23H37BrO2. The zero-order valence-electron chi connectivity index (χ0n) is 16.6. The van der Waals surface area contributed by atoms with E-state index in [1.807, 2.05) is 24.3 Å². The summed E-state index contributed by atoms with van der Waals surface area (Å²) in [6.45, 7) is 2.65. The van der Waals surface area contributed by atoms with Crippen molar-refractivity contribution in [1.29, 1.82) is 0 Å². The molecule has 0 saturated heterocycles. The minimum Gasteiger partial charge on any atom is -0.461 e. The molecule has 1 aromatic rings. The second kappa shape index (κ2) is 16.4. The smallest absolute Gasteiger partial charge is 0.306 e. The summed E-state index contributed by atoms with van der Waals surface area (Å²) in [7, 11) is 0. The average Bonchev–Trinajstić information content (AvgIpc) is 2.65. The van der Waals surface area contributed by atoms with E-state index in [1.54, 1.807) is 0 Å². The molecule has 0 aliphatic heterocycles. The molecule has 0 atom stereocenters. The van der Waals surface area contributed by atoms with Gasteiger partial charge >= 0.3 is 5.97 Å². The first-order valence-corrected chi connectivity index (χ1v) is 11.4. The lowest BCUT2D eigenvalue weighted by molar-refractivity contribution is -0.145. The molecule has 26 heavy (non-hydrogen) atoms. The molecule has 1 aromatic carbocycles. The van der Waals surface area contributed by atoms with Crippen LogP contribution in [-0.4, -0.2) is 5.97 Å². The Morgan fingerprint density at radius 3 is 1.73 bits per heavy atom. The largest absolute Gasteiger partial charge is 0.461 e. The molecule has 148 valence electrons. The lowest BCUT2D eigenvalue weighted by Crippen LogP contribution is -2.04. The van der Waals surface area contributed by atoms with Crippen molar-refractivity contribution in [3.63, 3.8) is 0 Å². The summed E-state index contributed by atoms with van der Waals surface area (Å²) >= 11 is 3.40. The molecule has 0 aliphatic carbocycles. The number of ether oxygens (including phenoxy) is 1. The van der Waals surface area contributed by atoms with Crippen LogP contribution in [0.1, 0.15) is 102 Å². The predicted octanol–water partition coefficient (Wildman–Crippen LogP) is 7.97. The number of benzene rings is 1. The topological polar surface area (TPSA) is 26.3 Å². The van der Waals surface area contributed by atoms with Gasteiger partial charge in [0.2, 0.25) is 0 Å². The number of rotatable bonds is 16. The highest BCUT2D eigenvalue weighted by atomic mass is 79.9. The Hall–Kier alpha value is -0.830. The van der Waals surface area contributed by atoms with Gasteiger partial charge in [-0.05, 0) is 24.1 Å². The molecule has 3 heteroatoms. The second-order valence-corrected chi connectivity index (χ2v) is 8.20. The van der Waals surface area contributed by atoms with Crippen molar-refractivity contribution >= 4 is 21.9 Å². The van der Waals surface area contributed by atoms with Gasteiger partial charge in [-0.1, -0.05) is 112 Å². The fraction of sp³-hybridized carbons (Fsp3) is 0.696. The summed E-state index contributed by atoms with van der Waals surface area (Å²) in [6, 6.07) is 7.89. The molecule has 1 rings (SSSR count). The van der Waals surface area contributed by atoms with Crippen molar-refractivity contribution in [2.45, 2.75) is 103 Å². The van der Waals surface area contributed by atoms with E-state index in [0.717, 1.165) is 22.9 Å². The number of carbonyl (C=O) groups excluding carboxylic acids is 1. The van der Waals surface area contributed by atoms with Crippen molar-refractivity contribution < 1.29 is 9.53 Å². The summed E-state index contributed by atoms with van der Waals surface area (Å²) in [6.07, 6.45) is 17.7. The highest BCUT2D eigenvalue weighted by Crippen LogP contribution is 2.14. The van der Waals surface area contributed by atoms with E-state index in [0.29, 0.717) is 13.0 Å². The van der Waals surface area contributed by atoms with E-state index in [9.17, 15) is 4.79 Å². The zero-order chi connectivity index (χ0) is 18.9. The maximum Gasteiger partial charge on any atom is 0.306 e. The van der Waals surface area contributed by atoms with Crippen LogP contribution in [0.25, 0.3) is 0 Å². The van der Waals surface area contributed by atoms with Crippen LogP contribution in [0.3, 0.4) is 0 Å². The van der Waals surface area contributed by atoms with Gasteiger partial charge in [-0.2, -0.15) is 0 Å². The number of hydrogen-bond donors (Lipinski definition) is 0. The maximum atomic E-state index is 11.8. The number of hydrogen-bond acceptors (Lipinski definition) is 2. The third-order valence-electron chi connectivity index (χ3n) is 4.80.